The number of halogens is 2. The molecular weight excluding hydrogens is 466 g/mol. The first-order valence-corrected chi connectivity index (χ1v) is 12.9. The minimum atomic E-state index is -4.20. The quantitative estimate of drug-likeness (QED) is 0.690. The summed E-state index contributed by atoms with van der Waals surface area (Å²) in [4.78, 5) is 11.5. The highest BCUT2D eigenvalue weighted by molar-refractivity contribution is 7.93. The van der Waals surface area contributed by atoms with Crippen molar-refractivity contribution in [1.82, 2.24) is 0 Å². The lowest BCUT2D eigenvalue weighted by atomic mass is 9.77. The predicted octanol–water partition coefficient (Wildman–Crippen LogP) is 2.04. The smallest absolute Gasteiger partial charge is 0.387 e. The standard InChI is InChI=1S/C20H20F2N2O6S2/c21-19(22)30-14-2-1-3-15(11-14)32(28,29)24-12-20(6-8-31(26,27)9-7-20)16-10-13(18(23)25)4-5-17(16)24/h1-5,10-11,19H,6-9,12H2,(H2,23,25). The first-order valence-electron chi connectivity index (χ1n) is 9.66. The molecule has 172 valence electrons. The van der Waals surface area contributed by atoms with Crippen molar-refractivity contribution >= 4 is 31.5 Å². The Morgan fingerprint density at radius 3 is 2.44 bits per heavy atom. The van der Waals surface area contributed by atoms with Crippen LogP contribution in [0.1, 0.15) is 28.8 Å². The summed E-state index contributed by atoms with van der Waals surface area (Å²) < 4.78 is 81.6. The monoisotopic (exact) mass is 486 g/mol. The lowest BCUT2D eigenvalue weighted by Crippen LogP contribution is -2.42. The van der Waals surface area contributed by atoms with E-state index in [0.29, 0.717) is 11.3 Å². The van der Waals surface area contributed by atoms with Gasteiger partial charge in [-0.25, -0.2) is 16.8 Å². The molecule has 2 aromatic carbocycles. The summed E-state index contributed by atoms with van der Waals surface area (Å²) in [6.45, 7) is -3.15. The molecule has 0 atom stereocenters. The number of carbonyl (C=O) groups is 1. The molecule has 0 bridgehead atoms. The van der Waals surface area contributed by atoms with Gasteiger partial charge in [0.1, 0.15) is 15.6 Å². The summed E-state index contributed by atoms with van der Waals surface area (Å²) in [6.07, 6.45) is 0.371. The number of nitrogens with zero attached hydrogens (tertiary/aromatic N) is 1. The normalized spacial score (nSPS) is 19.2. The summed E-state index contributed by atoms with van der Waals surface area (Å²) in [5.74, 6) is -1.22. The molecule has 12 heteroatoms. The summed E-state index contributed by atoms with van der Waals surface area (Å²) in [7, 11) is -7.45. The van der Waals surface area contributed by atoms with Crippen LogP contribution in [-0.4, -0.2) is 47.4 Å². The Morgan fingerprint density at radius 1 is 1.12 bits per heavy atom. The zero-order valence-corrected chi connectivity index (χ0v) is 18.3. The van der Waals surface area contributed by atoms with Gasteiger partial charge in [-0.1, -0.05) is 6.07 Å². The molecule has 4 rings (SSSR count). The van der Waals surface area contributed by atoms with E-state index in [1.54, 1.807) is 0 Å². The van der Waals surface area contributed by atoms with Crippen LogP contribution in [-0.2, 0) is 25.3 Å². The first kappa shape index (κ1) is 22.5. The van der Waals surface area contributed by atoms with Crippen molar-refractivity contribution in [2.45, 2.75) is 29.8 Å². The van der Waals surface area contributed by atoms with E-state index in [9.17, 15) is 30.4 Å². The van der Waals surface area contributed by atoms with Gasteiger partial charge in [0.05, 0.1) is 22.1 Å². The van der Waals surface area contributed by atoms with Crippen LogP contribution in [0, 0.1) is 0 Å². The maximum Gasteiger partial charge on any atom is 0.387 e. The van der Waals surface area contributed by atoms with Crippen LogP contribution in [0.15, 0.2) is 47.4 Å². The lowest BCUT2D eigenvalue weighted by molar-refractivity contribution is -0.0500. The minimum Gasteiger partial charge on any atom is -0.435 e. The molecule has 0 aromatic heterocycles. The summed E-state index contributed by atoms with van der Waals surface area (Å²) in [5.41, 5.74) is 5.60. The third-order valence-corrected chi connectivity index (χ3v) is 9.38. The number of rotatable bonds is 5. The fourth-order valence-electron chi connectivity index (χ4n) is 4.29. The highest BCUT2D eigenvalue weighted by atomic mass is 32.2. The van der Waals surface area contributed by atoms with Crippen LogP contribution in [0.2, 0.25) is 0 Å². The number of carbonyl (C=O) groups excluding carboxylic acids is 1. The van der Waals surface area contributed by atoms with Gasteiger partial charge in [0, 0.05) is 23.6 Å². The van der Waals surface area contributed by atoms with Gasteiger partial charge in [-0.05, 0) is 48.7 Å². The van der Waals surface area contributed by atoms with Crippen molar-refractivity contribution in [1.29, 1.82) is 0 Å². The van der Waals surface area contributed by atoms with Crippen molar-refractivity contribution in [2.75, 3.05) is 22.4 Å². The number of sulfone groups is 1. The Balaban J connectivity index is 1.80. The molecule has 0 saturated carbocycles. The second-order valence-corrected chi connectivity index (χ2v) is 12.1. The Kier molecular flexibility index (Phi) is 5.40. The molecule has 8 nitrogen and oxygen atoms in total. The van der Waals surface area contributed by atoms with Gasteiger partial charge in [0.15, 0.2) is 0 Å². The fourth-order valence-corrected chi connectivity index (χ4v) is 7.50. The molecule has 32 heavy (non-hydrogen) atoms. The van der Waals surface area contributed by atoms with E-state index < -0.39 is 37.8 Å². The second-order valence-electron chi connectivity index (χ2n) is 7.89. The average Bonchev–Trinajstić information content (AvgIpc) is 3.05. The minimum absolute atomic E-state index is 0.0394. The third kappa shape index (κ3) is 3.92. The van der Waals surface area contributed by atoms with Crippen LogP contribution in [0.25, 0.3) is 0 Å². The molecule has 2 heterocycles. The number of benzene rings is 2. The van der Waals surface area contributed by atoms with E-state index >= 15 is 0 Å². The number of hydrogen-bond acceptors (Lipinski definition) is 6. The maximum absolute atomic E-state index is 13.5. The number of sulfonamides is 1. The number of nitrogens with two attached hydrogens (primary N) is 1. The zero-order chi connectivity index (χ0) is 23.3. The molecule has 2 aromatic rings. The predicted molar refractivity (Wildman–Crippen MR) is 112 cm³/mol. The van der Waals surface area contributed by atoms with Crippen LogP contribution >= 0.6 is 0 Å². The summed E-state index contributed by atoms with van der Waals surface area (Å²) in [6, 6.07) is 9.16. The SMILES string of the molecule is NC(=O)c1ccc2c(c1)C1(CCS(=O)(=O)CC1)CN2S(=O)(=O)c1cccc(OC(F)F)c1. The topological polar surface area (TPSA) is 124 Å². The first-order chi connectivity index (χ1) is 14.9. The number of hydrogen-bond donors (Lipinski definition) is 1. The van der Waals surface area contributed by atoms with Crippen molar-refractivity contribution in [3.63, 3.8) is 0 Å². The maximum atomic E-state index is 13.5. The van der Waals surface area contributed by atoms with Crippen molar-refractivity contribution in [3.8, 4) is 5.75 Å². The van der Waals surface area contributed by atoms with E-state index in [0.717, 1.165) is 10.4 Å². The molecule has 2 N–H and O–H groups in total. The van der Waals surface area contributed by atoms with Gasteiger partial charge in [0.2, 0.25) is 5.91 Å². The number of amides is 1. The van der Waals surface area contributed by atoms with Gasteiger partial charge in [-0.3, -0.25) is 9.10 Å². The van der Waals surface area contributed by atoms with Gasteiger partial charge < -0.3 is 10.5 Å². The van der Waals surface area contributed by atoms with E-state index in [2.05, 4.69) is 4.74 Å². The third-order valence-electron chi connectivity index (χ3n) is 5.97. The van der Waals surface area contributed by atoms with Crippen molar-refractivity contribution in [2.24, 2.45) is 5.73 Å². The van der Waals surface area contributed by atoms with E-state index in [1.165, 1.54) is 36.4 Å². The van der Waals surface area contributed by atoms with Crippen molar-refractivity contribution < 1.29 is 35.1 Å². The molecule has 1 spiro atoms. The van der Waals surface area contributed by atoms with Crippen LogP contribution in [0.5, 0.6) is 5.75 Å². The van der Waals surface area contributed by atoms with Gasteiger partial charge in [-0.15, -0.1) is 0 Å². The molecule has 2 aliphatic heterocycles. The highest BCUT2D eigenvalue weighted by Gasteiger charge is 2.49. The molecule has 1 amide bonds. The molecule has 1 fully saturated rings. The molecule has 2 aliphatic rings. The van der Waals surface area contributed by atoms with Crippen LogP contribution in [0.4, 0.5) is 14.5 Å². The van der Waals surface area contributed by atoms with Gasteiger partial charge in [-0.2, -0.15) is 8.78 Å². The fraction of sp³-hybridized carbons (Fsp3) is 0.350. The number of alkyl halides is 2. The van der Waals surface area contributed by atoms with E-state index in [4.69, 9.17) is 5.73 Å². The van der Waals surface area contributed by atoms with Gasteiger partial charge in [0.25, 0.3) is 10.0 Å². The van der Waals surface area contributed by atoms with E-state index in [-0.39, 0.29) is 47.1 Å². The molecule has 1 saturated heterocycles. The summed E-state index contributed by atoms with van der Waals surface area (Å²) in [5, 5.41) is 0. The molecule has 0 radical (unpaired) electrons. The zero-order valence-electron chi connectivity index (χ0n) is 16.7. The van der Waals surface area contributed by atoms with E-state index in [1.807, 2.05) is 0 Å². The Labute approximate surface area is 183 Å². The molecule has 0 unspecified atom stereocenters. The number of primary amides is 1. The van der Waals surface area contributed by atoms with Crippen molar-refractivity contribution in [3.05, 3.63) is 53.6 Å². The second kappa shape index (κ2) is 7.69. The Morgan fingerprint density at radius 2 is 1.81 bits per heavy atom. The molecular formula is C20H20F2N2O6S2. The van der Waals surface area contributed by atoms with Gasteiger partial charge >= 0.3 is 6.61 Å². The molecule has 0 aliphatic carbocycles. The Bertz CT molecular complexity index is 1280. The lowest BCUT2D eigenvalue weighted by Gasteiger charge is -2.34. The average molecular weight is 487 g/mol. The van der Waals surface area contributed by atoms with Crippen LogP contribution in [0.3, 0.4) is 0 Å². The Hall–Kier alpha value is -2.73. The highest BCUT2D eigenvalue weighted by Crippen LogP contribution is 2.49. The number of anilines is 1. The van der Waals surface area contributed by atoms with Crippen LogP contribution < -0.4 is 14.8 Å². The number of ether oxygens (including phenoxy) is 1. The number of fused-ring (bicyclic) bond motifs is 2. The largest absolute Gasteiger partial charge is 0.435 e. The summed E-state index contributed by atoms with van der Waals surface area (Å²) >= 11 is 0.